The number of urea groups is 1. The number of nitrogens with one attached hydrogen (secondary N) is 2. The fourth-order valence-corrected chi connectivity index (χ4v) is 3.16. The van der Waals surface area contributed by atoms with E-state index in [1.165, 1.54) is 0 Å². The summed E-state index contributed by atoms with van der Waals surface area (Å²) < 4.78 is 5.11. The topological polar surface area (TPSA) is 70.6 Å². The first-order chi connectivity index (χ1) is 11.1. The Kier molecular flexibility index (Phi) is 6.99. The second-order valence-corrected chi connectivity index (χ2v) is 6.42. The van der Waals surface area contributed by atoms with E-state index in [2.05, 4.69) is 10.6 Å². The largest absolute Gasteiger partial charge is 0.497 e. The summed E-state index contributed by atoms with van der Waals surface area (Å²) in [7, 11) is 1.60. The van der Waals surface area contributed by atoms with Gasteiger partial charge in [0.15, 0.2) is 0 Å². The summed E-state index contributed by atoms with van der Waals surface area (Å²) in [5.41, 5.74) is 0.983. The van der Waals surface area contributed by atoms with Gasteiger partial charge >= 0.3 is 6.03 Å². The number of aliphatic hydroxyl groups is 1. The number of aliphatic hydroxyl groups excluding tert-OH is 1. The minimum absolute atomic E-state index is 0.137. The molecule has 1 aliphatic rings. The van der Waals surface area contributed by atoms with Gasteiger partial charge in [-0.3, -0.25) is 0 Å². The second-order valence-electron chi connectivity index (χ2n) is 6.01. The Bertz CT molecular complexity index is 517. The summed E-state index contributed by atoms with van der Waals surface area (Å²) in [5, 5.41) is 15.6. The molecule has 2 amide bonds. The van der Waals surface area contributed by atoms with Crippen LogP contribution in [-0.2, 0) is 6.42 Å². The Hall–Kier alpha value is -1.46. The number of halogens is 1. The van der Waals surface area contributed by atoms with Crippen LogP contribution in [0.25, 0.3) is 0 Å². The highest BCUT2D eigenvalue weighted by molar-refractivity contribution is 6.31. The first kappa shape index (κ1) is 17.9. The number of carbonyl (C=O) groups is 1. The van der Waals surface area contributed by atoms with E-state index in [4.69, 9.17) is 21.4 Å². The molecule has 0 aromatic heterocycles. The predicted molar refractivity (Wildman–Crippen MR) is 91.1 cm³/mol. The van der Waals surface area contributed by atoms with E-state index < -0.39 is 0 Å². The molecule has 1 aromatic carbocycles. The molecule has 2 rings (SSSR count). The van der Waals surface area contributed by atoms with Gasteiger partial charge < -0.3 is 20.5 Å². The molecule has 0 saturated heterocycles. The maximum atomic E-state index is 11.9. The van der Waals surface area contributed by atoms with Gasteiger partial charge in [0.25, 0.3) is 0 Å². The normalized spacial score (nSPS) is 20.8. The highest BCUT2D eigenvalue weighted by Crippen LogP contribution is 2.24. The molecule has 0 atom stereocenters. The van der Waals surface area contributed by atoms with Crippen LogP contribution in [0.3, 0.4) is 0 Å². The standard InChI is InChI=1S/C17H25ClN2O3/c1-23-15-7-4-13(16(18)10-15)8-9-19-17(22)20-14-5-2-12(11-21)3-6-14/h4,7,10,12,14,21H,2-3,5-6,8-9,11H2,1H3,(H2,19,20,22). The van der Waals surface area contributed by atoms with E-state index in [-0.39, 0.29) is 18.7 Å². The Balaban J connectivity index is 1.69. The molecule has 1 saturated carbocycles. The number of hydrogen-bond acceptors (Lipinski definition) is 3. The molecule has 6 heteroatoms. The monoisotopic (exact) mass is 340 g/mol. The highest BCUT2D eigenvalue weighted by Gasteiger charge is 2.21. The lowest BCUT2D eigenvalue weighted by Crippen LogP contribution is -2.44. The van der Waals surface area contributed by atoms with Crippen molar-refractivity contribution in [3.63, 3.8) is 0 Å². The Morgan fingerprint density at radius 1 is 1.35 bits per heavy atom. The van der Waals surface area contributed by atoms with Gasteiger partial charge in [-0.1, -0.05) is 17.7 Å². The predicted octanol–water partition coefficient (Wildman–Crippen LogP) is 2.74. The second kappa shape index (κ2) is 8.99. The lowest BCUT2D eigenvalue weighted by molar-refractivity contribution is 0.174. The Labute approximate surface area is 142 Å². The summed E-state index contributed by atoms with van der Waals surface area (Å²) in [6, 6.07) is 5.62. The van der Waals surface area contributed by atoms with Gasteiger partial charge in [0, 0.05) is 24.2 Å². The molecular formula is C17H25ClN2O3. The number of hydrogen-bond donors (Lipinski definition) is 3. The fraction of sp³-hybridized carbons (Fsp3) is 0.588. The van der Waals surface area contributed by atoms with Crippen LogP contribution in [0.15, 0.2) is 18.2 Å². The van der Waals surface area contributed by atoms with Crippen LogP contribution >= 0.6 is 11.6 Å². The third-order valence-corrected chi connectivity index (χ3v) is 4.73. The third-order valence-electron chi connectivity index (χ3n) is 4.38. The third kappa shape index (κ3) is 5.59. The summed E-state index contributed by atoms with van der Waals surface area (Å²) >= 11 is 6.18. The molecule has 1 aromatic rings. The van der Waals surface area contributed by atoms with E-state index in [1.54, 1.807) is 13.2 Å². The molecule has 0 unspecified atom stereocenters. The Morgan fingerprint density at radius 2 is 2.09 bits per heavy atom. The van der Waals surface area contributed by atoms with Crippen LogP contribution in [0.2, 0.25) is 5.02 Å². The van der Waals surface area contributed by atoms with Gasteiger partial charge in [0.2, 0.25) is 0 Å². The molecule has 0 heterocycles. The van der Waals surface area contributed by atoms with Gasteiger partial charge in [0.1, 0.15) is 5.75 Å². The summed E-state index contributed by atoms with van der Waals surface area (Å²) in [6.07, 6.45) is 4.49. The number of ether oxygens (including phenoxy) is 1. The van der Waals surface area contributed by atoms with Crippen LogP contribution in [0, 0.1) is 5.92 Å². The zero-order valence-electron chi connectivity index (χ0n) is 13.5. The van der Waals surface area contributed by atoms with Gasteiger partial charge in [-0.05, 0) is 55.7 Å². The molecule has 5 nitrogen and oxygen atoms in total. The molecule has 3 N–H and O–H groups in total. The first-order valence-electron chi connectivity index (χ1n) is 8.10. The van der Waals surface area contributed by atoms with Gasteiger partial charge in [-0.2, -0.15) is 0 Å². The molecule has 0 spiro atoms. The van der Waals surface area contributed by atoms with Crippen molar-refractivity contribution in [2.75, 3.05) is 20.3 Å². The van der Waals surface area contributed by atoms with Crippen molar-refractivity contribution in [2.45, 2.75) is 38.1 Å². The molecular weight excluding hydrogens is 316 g/mol. The van der Waals surface area contributed by atoms with E-state index in [0.717, 1.165) is 37.0 Å². The Morgan fingerprint density at radius 3 is 2.70 bits per heavy atom. The summed E-state index contributed by atoms with van der Waals surface area (Å²) in [5.74, 6) is 1.12. The van der Waals surface area contributed by atoms with Gasteiger partial charge in [-0.25, -0.2) is 4.79 Å². The minimum atomic E-state index is -0.137. The fourth-order valence-electron chi connectivity index (χ4n) is 2.89. The van der Waals surface area contributed by atoms with Crippen molar-refractivity contribution >= 4 is 17.6 Å². The lowest BCUT2D eigenvalue weighted by Gasteiger charge is -2.27. The zero-order valence-corrected chi connectivity index (χ0v) is 14.2. The number of benzene rings is 1. The SMILES string of the molecule is COc1ccc(CCNC(=O)NC2CCC(CO)CC2)c(Cl)c1. The number of amides is 2. The smallest absolute Gasteiger partial charge is 0.315 e. The van der Waals surface area contributed by atoms with Crippen molar-refractivity contribution in [3.8, 4) is 5.75 Å². The molecule has 1 aliphatic carbocycles. The van der Waals surface area contributed by atoms with Gasteiger partial charge in [-0.15, -0.1) is 0 Å². The maximum absolute atomic E-state index is 11.9. The van der Waals surface area contributed by atoms with Crippen LogP contribution in [0.4, 0.5) is 4.79 Å². The molecule has 0 aliphatic heterocycles. The quantitative estimate of drug-likeness (QED) is 0.745. The number of methoxy groups -OCH3 is 1. The van der Waals surface area contributed by atoms with Crippen LogP contribution in [0.1, 0.15) is 31.2 Å². The van der Waals surface area contributed by atoms with Crippen molar-refractivity contribution < 1.29 is 14.6 Å². The average molecular weight is 341 g/mol. The minimum Gasteiger partial charge on any atom is -0.497 e. The van der Waals surface area contributed by atoms with Crippen LogP contribution in [0.5, 0.6) is 5.75 Å². The first-order valence-corrected chi connectivity index (χ1v) is 8.47. The average Bonchev–Trinajstić information content (AvgIpc) is 2.57. The molecule has 0 bridgehead atoms. The van der Waals surface area contributed by atoms with E-state index >= 15 is 0 Å². The van der Waals surface area contributed by atoms with Crippen LogP contribution < -0.4 is 15.4 Å². The number of carbonyl (C=O) groups excluding carboxylic acids is 1. The van der Waals surface area contributed by atoms with E-state index in [0.29, 0.717) is 23.9 Å². The summed E-state index contributed by atoms with van der Waals surface area (Å²) in [6.45, 7) is 0.783. The molecule has 0 radical (unpaired) electrons. The van der Waals surface area contributed by atoms with Gasteiger partial charge in [0.05, 0.1) is 7.11 Å². The molecule has 128 valence electrons. The van der Waals surface area contributed by atoms with Crippen molar-refractivity contribution in [3.05, 3.63) is 28.8 Å². The number of rotatable bonds is 6. The van der Waals surface area contributed by atoms with Crippen LogP contribution in [-0.4, -0.2) is 37.4 Å². The molecule has 1 fully saturated rings. The van der Waals surface area contributed by atoms with E-state index in [9.17, 15) is 4.79 Å². The molecule has 23 heavy (non-hydrogen) atoms. The lowest BCUT2D eigenvalue weighted by atomic mass is 9.87. The summed E-state index contributed by atoms with van der Waals surface area (Å²) in [4.78, 5) is 11.9. The zero-order chi connectivity index (χ0) is 16.7. The van der Waals surface area contributed by atoms with E-state index in [1.807, 2.05) is 12.1 Å². The maximum Gasteiger partial charge on any atom is 0.315 e. The van der Waals surface area contributed by atoms with Crippen molar-refractivity contribution in [2.24, 2.45) is 5.92 Å². The highest BCUT2D eigenvalue weighted by atomic mass is 35.5. The van der Waals surface area contributed by atoms with Crippen molar-refractivity contribution in [1.82, 2.24) is 10.6 Å². The van der Waals surface area contributed by atoms with Crippen molar-refractivity contribution in [1.29, 1.82) is 0 Å².